The van der Waals surface area contributed by atoms with E-state index in [2.05, 4.69) is 10.2 Å². The van der Waals surface area contributed by atoms with E-state index in [1.165, 1.54) is 23.1 Å². The van der Waals surface area contributed by atoms with E-state index < -0.39 is 17.2 Å². The molecule has 1 N–H and O–H groups in total. The van der Waals surface area contributed by atoms with E-state index in [1.807, 2.05) is 0 Å². The van der Waals surface area contributed by atoms with Gasteiger partial charge in [-0.3, -0.25) is 19.4 Å². The van der Waals surface area contributed by atoms with E-state index in [1.54, 1.807) is 11.8 Å². The number of nitrogens with one attached hydrogen (secondary N) is 1. The van der Waals surface area contributed by atoms with Gasteiger partial charge in [-0.15, -0.1) is 0 Å². The molecule has 0 radical (unpaired) electrons. The number of carbonyl (C=O) groups excluding carboxylic acids is 3. The van der Waals surface area contributed by atoms with E-state index in [4.69, 9.17) is 4.74 Å². The number of imide groups is 1. The van der Waals surface area contributed by atoms with Crippen LogP contribution in [0.15, 0.2) is 24.3 Å². The predicted octanol–water partition coefficient (Wildman–Crippen LogP) is 1.86. The number of halogens is 2. The minimum Gasteiger partial charge on any atom is -0.379 e. The van der Waals surface area contributed by atoms with Crippen molar-refractivity contribution in [1.82, 2.24) is 20.0 Å². The van der Waals surface area contributed by atoms with Gasteiger partial charge in [-0.2, -0.15) is 0 Å². The lowest BCUT2D eigenvalue weighted by Crippen LogP contribution is -2.54. The molecule has 3 aliphatic heterocycles. The lowest BCUT2D eigenvalue weighted by molar-refractivity contribution is -0.134. The third-order valence-electron chi connectivity index (χ3n) is 7.03. The summed E-state index contributed by atoms with van der Waals surface area (Å²) in [5, 5.41) is 2.90. The Kier molecular flexibility index (Phi) is 7.27. The van der Waals surface area contributed by atoms with Gasteiger partial charge in [0.15, 0.2) is 11.6 Å². The summed E-state index contributed by atoms with van der Waals surface area (Å²) in [6, 6.07) is 3.08. The van der Waals surface area contributed by atoms with Gasteiger partial charge in [-0.05, 0) is 49.5 Å². The third-order valence-corrected chi connectivity index (χ3v) is 7.03. The largest absolute Gasteiger partial charge is 0.379 e. The molecule has 1 atom stereocenters. The maximum absolute atomic E-state index is 13.3. The number of carbonyl (C=O) groups is 3. The molecule has 4 rings (SSSR count). The number of urea groups is 1. The summed E-state index contributed by atoms with van der Waals surface area (Å²) in [6.07, 6.45) is 3.94. The van der Waals surface area contributed by atoms with Crippen molar-refractivity contribution in [3.05, 3.63) is 41.5 Å². The highest BCUT2D eigenvalue weighted by Gasteiger charge is 2.52. The van der Waals surface area contributed by atoms with Crippen molar-refractivity contribution in [3.63, 3.8) is 0 Å². The highest BCUT2D eigenvalue weighted by Crippen LogP contribution is 2.33. The van der Waals surface area contributed by atoms with Crippen molar-refractivity contribution in [1.29, 1.82) is 0 Å². The Morgan fingerprint density at radius 2 is 1.82 bits per heavy atom. The van der Waals surface area contributed by atoms with Gasteiger partial charge in [0.2, 0.25) is 5.91 Å². The number of morpholine rings is 1. The van der Waals surface area contributed by atoms with Crippen molar-refractivity contribution < 1.29 is 27.9 Å². The minimum absolute atomic E-state index is 0.0865. The first kappa shape index (κ1) is 24.3. The van der Waals surface area contributed by atoms with E-state index in [9.17, 15) is 23.2 Å². The Hall–Kier alpha value is -2.85. The molecular weight excluding hydrogens is 446 g/mol. The summed E-state index contributed by atoms with van der Waals surface area (Å²) in [5.74, 6) is -2.44. The van der Waals surface area contributed by atoms with E-state index in [0.29, 0.717) is 57.8 Å². The molecule has 3 aliphatic rings. The van der Waals surface area contributed by atoms with Gasteiger partial charge in [-0.1, -0.05) is 6.07 Å². The molecule has 0 saturated carbocycles. The number of amides is 4. The number of hydrogen-bond donors (Lipinski definition) is 1. The first-order valence-electron chi connectivity index (χ1n) is 11.6. The molecule has 0 aliphatic carbocycles. The van der Waals surface area contributed by atoms with Crippen LogP contribution in [0.4, 0.5) is 13.6 Å². The van der Waals surface area contributed by atoms with Crippen LogP contribution in [0.3, 0.4) is 0 Å². The Labute approximate surface area is 197 Å². The van der Waals surface area contributed by atoms with Crippen LogP contribution >= 0.6 is 0 Å². The molecule has 1 unspecified atom stereocenters. The van der Waals surface area contributed by atoms with E-state index in [0.717, 1.165) is 25.2 Å². The van der Waals surface area contributed by atoms with Gasteiger partial charge in [0.25, 0.3) is 5.91 Å². The van der Waals surface area contributed by atoms with Crippen molar-refractivity contribution in [2.24, 2.45) is 5.92 Å². The normalized spacial score (nSPS) is 24.8. The van der Waals surface area contributed by atoms with Crippen LogP contribution in [0.1, 0.15) is 25.3 Å². The molecule has 0 spiro atoms. The predicted molar refractivity (Wildman–Crippen MR) is 121 cm³/mol. The average Bonchev–Trinajstić information content (AvgIpc) is 3.07. The van der Waals surface area contributed by atoms with Gasteiger partial charge >= 0.3 is 6.03 Å². The van der Waals surface area contributed by atoms with Crippen LogP contribution in [0.5, 0.6) is 0 Å². The number of hydrogen-bond acceptors (Lipinski definition) is 5. The Balaban J connectivity index is 1.30. The highest BCUT2D eigenvalue weighted by atomic mass is 19.2. The number of nitrogens with zero attached hydrogens (tertiary/aromatic N) is 3. The fourth-order valence-electron chi connectivity index (χ4n) is 4.83. The zero-order valence-corrected chi connectivity index (χ0v) is 19.3. The van der Waals surface area contributed by atoms with Crippen LogP contribution in [-0.4, -0.2) is 90.6 Å². The van der Waals surface area contributed by atoms with Crippen LogP contribution in [0.2, 0.25) is 0 Å². The van der Waals surface area contributed by atoms with Gasteiger partial charge < -0.3 is 15.0 Å². The lowest BCUT2D eigenvalue weighted by atomic mass is 9.79. The molecule has 3 heterocycles. The lowest BCUT2D eigenvalue weighted by Gasteiger charge is -2.38. The molecule has 1 aromatic rings. The molecule has 1 aromatic carbocycles. The van der Waals surface area contributed by atoms with E-state index >= 15 is 0 Å². The zero-order chi connectivity index (χ0) is 24.3. The van der Waals surface area contributed by atoms with Crippen LogP contribution < -0.4 is 5.32 Å². The van der Waals surface area contributed by atoms with Gasteiger partial charge in [0, 0.05) is 45.3 Å². The van der Waals surface area contributed by atoms with E-state index in [-0.39, 0.29) is 23.8 Å². The van der Waals surface area contributed by atoms with Crippen molar-refractivity contribution in [2.45, 2.75) is 25.3 Å². The Morgan fingerprint density at radius 3 is 2.50 bits per heavy atom. The third kappa shape index (κ3) is 5.12. The maximum Gasteiger partial charge on any atom is 0.325 e. The zero-order valence-electron chi connectivity index (χ0n) is 19.3. The molecule has 10 heteroatoms. The number of piperidine rings is 1. The number of rotatable bonds is 6. The summed E-state index contributed by atoms with van der Waals surface area (Å²) in [4.78, 5) is 43.5. The fourth-order valence-corrected chi connectivity index (χ4v) is 4.83. The average molecular weight is 477 g/mol. The molecule has 3 fully saturated rings. The van der Waals surface area contributed by atoms with Crippen LogP contribution in [0.25, 0.3) is 6.08 Å². The molecule has 184 valence electrons. The Bertz CT molecular complexity index is 974. The van der Waals surface area contributed by atoms with Crippen molar-refractivity contribution in [3.8, 4) is 0 Å². The first-order chi connectivity index (χ1) is 16.3. The second-order valence-electron chi connectivity index (χ2n) is 9.15. The molecule has 0 bridgehead atoms. The molecule has 34 heavy (non-hydrogen) atoms. The quantitative estimate of drug-likeness (QED) is 0.501. The topological polar surface area (TPSA) is 82.2 Å². The monoisotopic (exact) mass is 476 g/mol. The second-order valence-corrected chi connectivity index (χ2v) is 9.15. The molecule has 8 nitrogen and oxygen atoms in total. The SMILES string of the molecule is CC1(C2CCN(C(=O)/C=C/c3ccc(F)c(F)c3)CC2)NC(=O)N(CCN2CCOCC2)C1=O. The summed E-state index contributed by atoms with van der Waals surface area (Å²) in [7, 11) is 0. The maximum atomic E-state index is 13.3. The molecule has 4 amide bonds. The molecule has 0 aromatic heterocycles. The minimum atomic E-state index is -0.987. The number of likely N-dealkylation sites (tertiary alicyclic amines) is 1. The van der Waals surface area contributed by atoms with Gasteiger partial charge in [0.1, 0.15) is 5.54 Å². The number of benzene rings is 1. The smallest absolute Gasteiger partial charge is 0.325 e. The van der Waals surface area contributed by atoms with Crippen LogP contribution in [-0.2, 0) is 14.3 Å². The van der Waals surface area contributed by atoms with Crippen molar-refractivity contribution in [2.75, 3.05) is 52.5 Å². The molecular formula is C24H30F2N4O4. The summed E-state index contributed by atoms with van der Waals surface area (Å²) in [5.41, 5.74) is -0.593. The summed E-state index contributed by atoms with van der Waals surface area (Å²) >= 11 is 0. The van der Waals surface area contributed by atoms with Crippen molar-refractivity contribution >= 4 is 23.9 Å². The summed E-state index contributed by atoms with van der Waals surface area (Å²) < 4.78 is 31.7. The van der Waals surface area contributed by atoms with Gasteiger partial charge in [-0.25, -0.2) is 13.6 Å². The second kappa shape index (κ2) is 10.2. The van der Waals surface area contributed by atoms with Crippen LogP contribution in [0, 0.1) is 17.6 Å². The fraction of sp³-hybridized carbons (Fsp3) is 0.542. The highest BCUT2D eigenvalue weighted by molar-refractivity contribution is 6.07. The molecule has 3 saturated heterocycles. The summed E-state index contributed by atoms with van der Waals surface area (Å²) in [6.45, 7) is 6.51. The first-order valence-corrected chi connectivity index (χ1v) is 11.6. The number of ether oxygens (including phenoxy) is 1. The standard InChI is InChI=1S/C24H30F2N4O4/c1-24(22(32)30(23(33)27-24)11-10-28-12-14-34-15-13-28)18-6-8-29(9-7-18)21(31)5-3-17-2-4-19(25)20(26)16-17/h2-5,16,18H,6-15H2,1H3,(H,27,33)/b5-3+. The van der Waals surface area contributed by atoms with Gasteiger partial charge in [0.05, 0.1) is 13.2 Å². The Morgan fingerprint density at radius 1 is 1.12 bits per heavy atom.